The summed E-state index contributed by atoms with van der Waals surface area (Å²) < 4.78 is 1.97. The predicted octanol–water partition coefficient (Wildman–Crippen LogP) is 3.64. The van der Waals surface area contributed by atoms with Gasteiger partial charge in [0, 0.05) is 30.7 Å². The fourth-order valence-electron chi connectivity index (χ4n) is 4.19. The first-order valence-electron chi connectivity index (χ1n) is 10.5. The molecule has 2 N–H and O–H groups in total. The molecule has 1 saturated carbocycles. The van der Waals surface area contributed by atoms with Gasteiger partial charge in [-0.05, 0) is 58.1 Å². The highest BCUT2D eigenvalue weighted by atomic mass is 15.3. The third-order valence-corrected chi connectivity index (χ3v) is 6.13. The third kappa shape index (κ3) is 4.40. The van der Waals surface area contributed by atoms with Crippen molar-refractivity contribution in [2.45, 2.75) is 64.8 Å². The molecule has 1 unspecified atom stereocenters. The molecule has 28 heavy (non-hydrogen) atoms. The van der Waals surface area contributed by atoms with Crippen molar-refractivity contribution >= 4 is 5.96 Å². The van der Waals surface area contributed by atoms with E-state index in [0.29, 0.717) is 0 Å². The van der Waals surface area contributed by atoms with Crippen LogP contribution in [-0.2, 0) is 18.9 Å². The zero-order chi connectivity index (χ0) is 20.1. The van der Waals surface area contributed by atoms with E-state index >= 15 is 0 Å². The van der Waals surface area contributed by atoms with Crippen LogP contribution in [-0.4, -0.2) is 34.9 Å². The Balaban J connectivity index is 1.68. The molecule has 1 aromatic carbocycles. The number of guanidine groups is 1. The van der Waals surface area contributed by atoms with Crippen LogP contribution in [0.5, 0.6) is 0 Å². The number of rotatable bonds is 7. The van der Waals surface area contributed by atoms with Crippen molar-refractivity contribution in [3.63, 3.8) is 0 Å². The van der Waals surface area contributed by atoms with E-state index in [9.17, 15) is 0 Å². The summed E-state index contributed by atoms with van der Waals surface area (Å²) in [5.74, 6) is 0.913. The topological polar surface area (TPSA) is 54.2 Å². The minimum atomic E-state index is 0.212. The lowest BCUT2D eigenvalue weighted by Crippen LogP contribution is -2.45. The molecular formula is C23H35N5. The predicted molar refractivity (Wildman–Crippen MR) is 117 cm³/mol. The summed E-state index contributed by atoms with van der Waals surface area (Å²) in [4.78, 5) is 4.99. The fourth-order valence-corrected chi connectivity index (χ4v) is 4.19. The van der Waals surface area contributed by atoms with Gasteiger partial charge in [0.15, 0.2) is 5.96 Å². The van der Waals surface area contributed by atoms with Crippen LogP contribution < -0.4 is 10.6 Å². The average molecular weight is 382 g/mol. The number of benzene rings is 1. The van der Waals surface area contributed by atoms with Crippen LogP contribution in [0.25, 0.3) is 0 Å². The summed E-state index contributed by atoms with van der Waals surface area (Å²) in [5.41, 5.74) is 5.33. The normalized spacial score (nSPS) is 17.1. The maximum atomic E-state index is 4.99. The molecular weight excluding hydrogens is 346 g/mol. The zero-order valence-corrected chi connectivity index (χ0v) is 18.0. The number of hydrogen-bond acceptors (Lipinski definition) is 2. The highest BCUT2D eigenvalue weighted by Gasteiger charge is 2.38. The van der Waals surface area contributed by atoms with Crippen molar-refractivity contribution in [1.82, 2.24) is 20.4 Å². The Morgan fingerprint density at radius 3 is 2.50 bits per heavy atom. The lowest BCUT2D eigenvalue weighted by Gasteiger charge is -2.41. The fraction of sp³-hybridized carbons (Fsp3) is 0.565. The van der Waals surface area contributed by atoms with E-state index in [1.54, 1.807) is 0 Å². The third-order valence-electron chi connectivity index (χ3n) is 6.13. The molecule has 5 heteroatoms. The second-order valence-corrected chi connectivity index (χ2v) is 8.22. The van der Waals surface area contributed by atoms with Crippen LogP contribution in [0, 0.1) is 13.8 Å². The molecule has 0 saturated heterocycles. The number of hydrogen-bond donors (Lipinski definition) is 2. The van der Waals surface area contributed by atoms with Gasteiger partial charge in [-0.1, -0.05) is 36.8 Å². The van der Waals surface area contributed by atoms with E-state index in [1.807, 2.05) is 11.7 Å². The molecule has 0 bridgehead atoms. The molecule has 0 aliphatic heterocycles. The largest absolute Gasteiger partial charge is 0.357 e. The number of nitrogens with zero attached hydrogens (tertiary/aromatic N) is 3. The molecule has 1 aromatic heterocycles. The van der Waals surface area contributed by atoms with Crippen LogP contribution in [0.2, 0.25) is 0 Å². The Morgan fingerprint density at radius 2 is 1.96 bits per heavy atom. The van der Waals surface area contributed by atoms with Crippen LogP contribution in [0.3, 0.4) is 0 Å². The molecule has 1 aliphatic carbocycles. The summed E-state index contributed by atoms with van der Waals surface area (Å²) in [6, 6.07) is 11.2. The van der Waals surface area contributed by atoms with Crippen molar-refractivity contribution in [3.05, 3.63) is 52.8 Å². The summed E-state index contributed by atoms with van der Waals surface area (Å²) in [5, 5.41) is 11.6. The Hall–Kier alpha value is -2.30. The molecule has 2 aromatic rings. The minimum Gasteiger partial charge on any atom is -0.357 e. The zero-order valence-electron chi connectivity index (χ0n) is 18.0. The first-order chi connectivity index (χ1) is 13.4. The van der Waals surface area contributed by atoms with Crippen LogP contribution in [0.1, 0.15) is 55.6 Å². The van der Waals surface area contributed by atoms with Crippen molar-refractivity contribution < 1.29 is 0 Å². The van der Waals surface area contributed by atoms with Crippen molar-refractivity contribution in [1.29, 1.82) is 0 Å². The van der Waals surface area contributed by atoms with Crippen molar-refractivity contribution in [2.75, 3.05) is 13.1 Å². The molecule has 0 amide bonds. The number of nitrogens with one attached hydrogen (secondary N) is 2. The molecule has 3 rings (SSSR count). The summed E-state index contributed by atoms with van der Waals surface area (Å²) in [6.45, 7) is 10.3. The van der Waals surface area contributed by atoms with E-state index in [-0.39, 0.29) is 11.5 Å². The Bertz CT molecular complexity index is 802. The van der Waals surface area contributed by atoms with E-state index in [2.05, 4.69) is 73.8 Å². The van der Waals surface area contributed by atoms with E-state index < -0.39 is 0 Å². The summed E-state index contributed by atoms with van der Waals surface area (Å²) in [6.07, 6.45) is 4.69. The van der Waals surface area contributed by atoms with Crippen LogP contribution in [0.15, 0.2) is 35.3 Å². The maximum Gasteiger partial charge on any atom is 0.191 e. The summed E-state index contributed by atoms with van der Waals surface area (Å²) >= 11 is 0. The molecule has 1 heterocycles. The number of aromatic nitrogens is 2. The van der Waals surface area contributed by atoms with E-state index in [1.165, 1.54) is 36.1 Å². The van der Waals surface area contributed by atoms with Gasteiger partial charge in [-0.2, -0.15) is 5.10 Å². The van der Waals surface area contributed by atoms with Gasteiger partial charge < -0.3 is 10.6 Å². The summed E-state index contributed by atoms with van der Waals surface area (Å²) in [7, 11) is 2.01. The van der Waals surface area contributed by atoms with Gasteiger partial charge in [-0.15, -0.1) is 0 Å². The van der Waals surface area contributed by atoms with Gasteiger partial charge in [0.1, 0.15) is 0 Å². The molecule has 0 spiro atoms. The lowest BCUT2D eigenvalue weighted by atomic mass is 9.64. The Labute approximate surface area is 169 Å². The van der Waals surface area contributed by atoms with Gasteiger partial charge in [0.2, 0.25) is 0 Å². The minimum absolute atomic E-state index is 0.212. The van der Waals surface area contributed by atoms with Crippen LogP contribution >= 0.6 is 0 Å². The molecule has 5 nitrogen and oxygen atoms in total. The highest BCUT2D eigenvalue weighted by molar-refractivity contribution is 5.80. The Kier molecular flexibility index (Phi) is 6.42. The quantitative estimate of drug-likeness (QED) is 0.569. The second-order valence-electron chi connectivity index (χ2n) is 8.22. The van der Waals surface area contributed by atoms with Gasteiger partial charge in [-0.3, -0.25) is 9.67 Å². The number of aliphatic imine (C=N–C) groups is 1. The van der Waals surface area contributed by atoms with E-state index in [4.69, 9.17) is 4.99 Å². The smallest absolute Gasteiger partial charge is 0.191 e. The first kappa shape index (κ1) is 20.4. The molecule has 0 radical (unpaired) electrons. The van der Waals surface area contributed by atoms with Gasteiger partial charge in [-0.25, -0.2) is 0 Å². The molecule has 1 atom stereocenters. The molecule has 1 fully saturated rings. The standard InChI is InChI=1S/C23H35N5/c1-6-24-22(26-17(2)15-21-18(3)27-28(5)19(21)4)25-16-23(13-10-14-23)20-11-8-7-9-12-20/h7-9,11-12,17H,6,10,13-16H2,1-5H3,(H2,24,25,26). The maximum absolute atomic E-state index is 4.99. The highest BCUT2D eigenvalue weighted by Crippen LogP contribution is 2.43. The Morgan fingerprint density at radius 1 is 1.25 bits per heavy atom. The second kappa shape index (κ2) is 8.80. The van der Waals surface area contributed by atoms with Crippen LogP contribution in [0.4, 0.5) is 0 Å². The number of aryl methyl sites for hydroxylation is 2. The van der Waals surface area contributed by atoms with Crippen molar-refractivity contribution in [2.24, 2.45) is 12.0 Å². The monoisotopic (exact) mass is 381 g/mol. The van der Waals surface area contributed by atoms with E-state index in [0.717, 1.165) is 31.2 Å². The lowest BCUT2D eigenvalue weighted by molar-refractivity contribution is 0.253. The molecule has 1 aliphatic rings. The van der Waals surface area contributed by atoms with Gasteiger partial charge in [0.25, 0.3) is 0 Å². The van der Waals surface area contributed by atoms with Gasteiger partial charge >= 0.3 is 0 Å². The van der Waals surface area contributed by atoms with Crippen molar-refractivity contribution in [3.8, 4) is 0 Å². The average Bonchev–Trinajstić information content (AvgIpc) is 2.88. The first-order valence-corrected chi connectivity index (χ1v) is 10.5. The SMILES string of the molecule is CCNC(=NCC1(c2ccccc2)CCC1)NC(C)Cc1c(C)nn(C)c1C. The van der Waals surface area contributed by atoms with Gasteiger partial charge in [0.05, 0.1) is 12.2 Å². The molecule has 152 valence electrons.